The van der Waals surface area contributed by atoms with E-state index in [0.29, 0.717) is 0 Å². The summed E-state index contributed by atoms with van der Waals surface area (Å²) in [5, 5.41) is 11.6. The molecule has 0 saturated carbocycles. The number of fused-ring (bicyclic) bond motifs is 8. The molecule has 5 N–H and O–H groups in total. The molecule has 0 saturated heterocycles. The predicted octanol–water partition coefficient (Wildman–Crippen LogP) is 13.0. The Kier molecular flexibility index (Phi) is 14.9. The summed E-state index contributed by atoms with van der Waals surface area (Å²) in [6.45, 7) is 8.97. The van der Waals surface area contributed by atoms with E-state index in [1.54, 1.807) is 12.2 Å². The molecule has 1 spiro atoms. The van der Waals surface area contributed by atoms with Gasteiger partial charge in [-0.1, -0.05) is 206 Å². The minimum Gasteiger partial charge on any atom is -0.405 e. The average molecular weight is 832 g/mol. The number of allylic oxidation sites excluding steroid dienone is 15. The van der Waals surface area contributed by atoms with E-state index in [1.165, 1.54) is 83.7 Å². The lowest BCUT2D eigenvalue weighted by Crippen LogP contribution is -2.35. The number of nitrogens with one attached hydrogen (secondary N) is 1. The van der Waals surface area contributed by atoms with Crippen LogP contribution in [0.15, 0.2) is 236 Å². The van der Waals surface area contributed by atoms with Crippen molar-refractivity contribution in [1.82, 2.24) is 0 Å². The Bertz CT molecular complexity index is 3000. The molecule has 3 aliphatic rings. The molecule has 0 fully saturated rings. The van der Waals surface area contributed by atoms with Crippen molar-refractivity contribution in [2.45, 2.75) is 38.1 Å². The summed E-state index contributed by atoms with van der Waals surface area (Å²) in [5.41, 5.74) is 25.3. The van der Waals surface area contributed by atoms with E-state index in [2.05, 4.69) is 146 Å². The van der Waals surface area contributed by atoms with Crippen molar-refractivity contribution >= 4 is 34.7 Å². The average Bonchev–Trinajstić information content (AvgIpc) is 3.62. The summed E-state index contributed by atoms with van der Waals surface area (Å²) in [7, 11) is 0. The third-order valence-corrected chi connectivity index (χ3v) is 11.8. The van der Waals surface area contributed by atoms with Gasteiger partial charge >= 0.3 is 0 Å². The van der Waals surface area contributed by atoms with Gasteiger partial charge in [0.05, 0.1) is 5.41 Å². The molecule has 9 rings (SSSR count). The fourth-order valence-electron chi connectivity index (χ4n) is 8.83. The van der Waals surface area contributed by atoms with Gasteiger partial charge in [0.15, 0.2) is 0 Å². The minimum absolute atomic E-state index is 0.114. The van der Waals surface area contributed by atoms with Crippen LogP contribution in [0, 0.1) is 12.3 Å². The summed E-state index contributed by atoms with van der Waals surface area (Å²) in [6, 6.07) is 47.8. The smallest absolute Gasteiger partial charge is 0.0677 e. The van der Waals surface area contributed by atoms with Crippen molar-refractivity contribution in [1.29, 1.82) is 5.41 Å². The summed E-state index contributed by atoms with van der Waals surface area (Å²) in [4.78, 5) is 0. The molecule has 6 aromatic rings. The highest BCUT2D eigenvalue weighted by Gasteiger charge is 2.48. The highest BCUT2D eigenvalue weighted by atomic mass is 14.6. The van der Waals surface area contributed by atoms with Gasteiger partial charge in [0.1, 0.15) is 0 Å². The number of hydrogen-bond acceptors (Lipinski definition) is 3. The number of hydrogen-bond donors (Lipinski definition) is 3. The van der Waals surface area contributed by atoms with Crippen molar-refractivity contribution < 1.29 is 0 Å². The Labute approximate surface area is 379 Å². The molecular formula is C61H57N3. The van der Waals surface area contributed by atoms with Gasteiger partial charge in [-0.25, -0.2) is 0 Å². The molecule has 0 radical (unpaired) electrons. The van der Waals surface area contributed by atoms with Crippen molar-refractivity contribution in [3.05, 3.63) is 280 Å². The SMILES string of the molecule is C/C=C\C=C/C=N.C=C1/C=c2/cccc/c2=C/c2cc3ccccc3cc2C12C1=C(C=CCC1)c1ccc(C)cc12.N\C=C/C=C\C=C\C=C\C(N)c1ccc(-c2ccccc2)cc1. The van der Waals surface area contributed by atoms with E-state index in [-0.39, 0.29) is 11.5 Å². The van der Waals surface area contributed by atoms with Gasteiger partial charge in [-0.15, -0.1) is 0 Å². The molecule has 3 nitrogen and oxygen atoms in total. The minimum atomic E-state index is -0.356. The zero-order valence-electron chi connectivity index (χ0n) is 36.9. The zero-order valence-corrected chi connectivity index (χ0v) is 36.9. The fraction of sp³-hybridized carbons (Fsp3) is 0.0984. The molecule has 64 heavy (non-hydrogen) atoms. The molecule has 0 heterocycles. The standard InChI is InChI=1S/C34H26.C21H22N2.C6H9N/c1-22-15-16-30-29-13-7-8-14-31(29)34(33(30)17-22)23(2)18-24-9-3-4-10-25(24)19-28-20-26-11-5-6-12-27(26)21-32(28)34;22-17-9-4-2-1-3-8-12-21(23)20-15-13-19(14-16-20)18-10-6-5-7-11-18;1-2-3-4-5-6-7/h3-7,9-13,15-21H,2,8,14H2,1H3;1-17,21H,22-23H2;2-7H,1H3/b24-18-,25-19-;3-1+,4-2-,12-8+,17-9-;3-2-,5-4-,7-6?. The monoisotopic (exact) mass is 831 g/mol. The molecule has 2 unspecified atom stereocenters. The Balaban J connectivity index is 0.000000177. The van der Waals surface area contributed by atoms with Gasteiger partial charge in [0.2, 0.25) is 0 Å². The molecule has 0 bridgehead atoms. The predicted molar refractivity (Wildman–Crippen MR) is 276 cm³/mol. The van der Waals surface area contributed by atoms with Crippen LogP contribution in [0.2, 0.25) is 0 Å². The summed E-state index contributed by atoms with van der Waals surface area (Å²) >= 11 is 0. The van der Waals surface area contributed by atoms with Gasteiger partial charge in [-0.05, 0) is 140 Å². The topological polar surface area (TPSA) is 75.9 Å². The van der Waals surface area contributed by atoms with E-state index in [1.807, 2.05) is 79.8 Å². The maximum Gasteiger partial charge on any atom is 0.0677 e. The van der Waals surface area contributed by atoms with Crippen LogP contribution in [0.5, 0.6) is 0 Å². The van der Waals surface area contributed by atoms with Crippen molar-refractivity contribution in [3.8, 4) is 11.1 Å². The quantitative estimate of drug-likeness (QED) is 0.106. The highest BCUT2D eigenvalue weighted by Crippen LogP contribution is 2.58. The van der Waals surface area contributed by atoms with E-state index < -0.39 is 0 Å². The first-order valence-corrected chi connectivity index (χ1v) is 22.0. The van der Waals surface area contributed by atoms with Gasteiger partial charge in [-0.2, -0.15) is 0 Å². The van der Waals surface area contributed by atoms with Crippen molar-refractivity contribution in [2.75, 3.05) is 0 Å². The molecule has 0 aromatic heterocycles. The van der Waals surface area contributed by atoms with Crippen molar-refractivity contribution in [2.24, 2.45) is 11.5 Å². The number of nitrogens with two attached hydrogens (primary N) is 2. The maximum absolute atomic E-state index is 6.54. The Morgan fingerprint density at radius 2 is 1.30 bits per heavy atom. The van der Waals surface area contributed by atoms with Crippen LogP contribution in [0.1, 0.15) is 59.2 Å². The summed E-state index contributed by atoms with van der Waals surface area (Å²) < 4.78 is 0. The second-order valence-electron chi connectivity index (χ2n) is 16.0. The Morgan fingerprint density at radius 3 is 2.02 bits per heavy atom. The lowest BCUT2D eigenvalue weighted by atomic mass is 9.63. The molecule has 0 aliphatic heterocycles. The number of benzene rings is 6. The largest absolute Gasteiger partial charge is 0.405 e. The lowest BCUT2D eigenvalue weighted by Gasteiger charge is -2.38. The normalized spacial score (nSPS) is 17.8. The van der Waals surface area contributed by atoms with Crippen LogP contribution in [-0.4, -0.2) is 6.21 Å². The second kappa shape index (κ2) is 21.5. The zero-order chi connectivity index (χ0) is 44.7. The lowest BCUT2D eigenvalue weighted by molar-refractivity contribution is 0.702. The van der Waals surface area contributed by atoms with Crippen LogP contribution >= 0.6 is 0 Å². The third-order valence-electron chi connectivity index (χ3n) is 11.8. The van der Waals surface area contributed by atoms with Crippen LogP contribution in [0.3, 0.4) is 0 Å². The van der Waals surface area contributed by atoms with Crippen LogP contribution in [0.25, 0.3) is 39.6 Å². The molecule has 3 aliphatic carbocycles. The molecular weight excluding hydrogens is 775 g/mol. The first-order chi connectivity index (χ1) is 31.4. The van der Waals surface area contributed by atoms with Crippen LogP contribution < -0.4 is 21.9 Å². The first kappa shape index (κ1) is 44.5. The fourth-order valence-corrected chi connectivity index (χ4v) is 8.83. The molecule has 2 atom stereocenters. The van der Waals surface area contributed by atoms with Gasteiger partial charge in [0, 0.05) is 12.3 Å². The van der Waals surface area contributed by atoms with E-state index in [9.17, 15) is 0 Å². The molecule has 6 aromatic carbocycles. The van der Waals surface area contributed by atoms with Crippen LogP contribution in [0.4, 0.5) is 0 Å². The number of aryl methyl sites for hydroxylation is 1. The first-order valence-electron chi connectivity index (χ1n) is 22.0. The Hall–Kier alpha value is -7.59. The molecule has 3 heteroatoms. The summed E-state index contributed by atoms with van der Waals surface area (Å²) in [5.74, 6) is 0. The van der Waals surface area contributed by atoms with Crippen LogP contribution in [-0.2, 0) is 5.41 Å². The molecule has 0 amide bonds. The van der Waals surface area contributed by atoms with E-state index in [0.717, 1.165) is 24.0 Å². The Morgan fingerprint density at radius 1 is 0.656 bits per heavy atom. The van der Waals surface area contributed by atoms with Crippen molar-refractivity contribution in [3.63, 3.8) is 0 Å². The second-order valence-corrected chi connectivity index (χ2v) is 16.0. The summed E-state index contributed by atoms with van der Waals surface area (Å²) in [6.07, 6.45) is 34.9. The van der Waals surface area contributed by atoms with Gasteiger partial charge in [-0.3, -0.25) is 0 Å². The van der Waals surface area contributed by atoms with E-state index >= 15 is 0 Å². The molecule has 316 valence electrons. The third kappa shape index (κ3) is 9.87. The highest BCUT2D eigenvalue weighted by molar-refractivity contribution is 5.95. The van der Waals surface area contributed by atoms with Gasteiger partial charge < -0.3 is 16.9 Å². The van der Waals surface area contributed by atoms with Gasteiger partial charge in [0.25, 0.3) is 0 Å². The van der Waals surface area contributed by atoms with E-state index in [4.69, 9.17) is 23.5 Å². The maximum atomic E-state index is 6.54. The number of rotatable bonds is 8.